The zero-order valence-electron chi connectivity index (χ0n) is 15.3. The molecule has 29 heavy (non-hydrogen) atoms. The van der Waals surface area contributed by atoms with E-state index in [2.05, 4.69) is 10.3 Å². The Bertz CT molecular complexity index is 1140. The van der Waals surface area contributed by atoms with Gasteiger partial charge in [-0.2, -0.15) is 0 Å². The van der Waals surface area contributed by atoms with Crippen molar-refractivity contribution in [2.24, 2.45) is 5.73 Å². The molecule has 0 saturated heterocycles. The summed E-state index contributed by atoms with van der Waals surface area (Å²) in [6.45, 7) is 1.94. The lowest BCUT2D eigenvalue weighted by Crippen LogP contribution is -2.23. The number of amides is 2. The van der Waals surface area contributed by atoms with E-state index in [0.29, 0.717) is 11.3 Å². The maximum atomic E-state index is 12.4. The zero-order valence-corrected chi connectivity index (χ0v) is 17.7. The lowest BCUT2D eigenvalue weighted by Gasteiger charge is -2.07. The van der Waals surface area contributed by atoms with Crippen LogP contribution in [-0.2, 0) is 14.6 Å². The summed E-state index contributed by atoms with van der Waals surface area (Å²) in [5.41, 5.74) is 6.83. The number of hydrogen-bond donors (Lipinski definition) is 2. The molecule has 0 saturated carbocycles. The van der Waals surface area contributed by atoms with Crippen LogP contribution in [0.5, 0.6) is 0 Å². The predicted molar refractivity (Wildman–Crippen MR) is 113 cm³/mol. The molecule has 0 aliphatic carbocycles. The number of nitrogens with one attached hydrogen (secondary N) is 1. The molecule has 150 valence electrons. The topological polar surface area (TPSA) is 119 Å². The third kappa shape index (κ3) is 5.66. The summed E-state index contributed by atoms with van der Waals surface area (Å²) >= 11 is 3.12. The monoisotopic (exact) mass is 447 g/mol. The fourth-order valence-electron chi connectivity index (χ4n) is 2.37. The second-order valence-electron chi connectivity index (χ2n) is 6.09. The predicted octanol–water partition coefficient (Wildman–Crippen LogP) is 3.11. The minimum atomic E-state index is -3.80. The third-order valence-electron chi connectivity index (χ3n) is 3.72. The number of hydrogen-bond acceptors (Lipinski definition) is 7. The maximum Gasteiger partial charge on any atom is 0.255 e. The van der Waals surface area contributed by atoms with Crippen molar-refractivity contribution in [3.8, 4) is 0 Å². The van der Waals surface area contributed by atoms with Gasteiger partial charge in [0.05, 0.1) is 4.90 Å². The fourth-order valence-corrected chi connectivity index (χ4v) is 5.28. The number of rotatable bonds is 7. The molecule has 0 spiro atoms. The van der Waals surface area contributed by atoms with Crippen molar-refractivity contribution in [2.45, 2.75) is 21.1 Å². The highest BCUT2D eigenvalue weighted by atomic mass is 32.2. The van der Waals surface area contributed by atoms with Crippen molar-refractivity contribution in [1.82, 2.24) is 4.98 Å². The first kappa shape index (κ1) is 21.0. The van der Waals surface area contributed by atoms with Gasteiger partial charge in [-0.15, -0.1) is 11.3 Å². The summed E-state index contributed by atoms with van der Waals surface area (Å²) < 4.78 is 24.9. The van der Waals surface area contributed by atoms with Crippen LogP contribution in [0.3, 0.4) is 0 Å². The molecule has 0 unspecified atom stereocenters. The number of anilines is 1. The van der Waals surface area contributed by atoms with Crippen molar-refractivity contribution >= 4 is 50.4 Å². The van der Waals surface area contributed by atoms with Crippen molar-refractivity contribution in [3.05, 3.63) is 65.2 Å². The SMILES string of the molecule is Cc1csc(Sc2ccc(NC(=O)c3ccc(S(=O)(=O)CC(N)=O)cc3)cc2)n1. The Labute approximate surface area is 176 Å². The third-order valence-corrected chi connectivity index (χ3v) is 7.44. The Morgan fingerprint density at radius 2 is 1.76 bits per heavy atom. The van der Waals surface area contributed by atoms with Crippen LogP contribution in [-0.4, -0.2) is 31.0 Å². The van der Waals surface area contributed by atoms with E-state index in [1.807, 2.05) is 24.4 Å². The molecule has 2 aromatic carbocycles. The Morgan fingerprint density at radius 3 is 2.31 bits per heavy atom. The highest BCUT2D eigenvalue weighted by Gasteiger charge is 2.18. The fraction of sp³-hybridized carbons (Fsp3) is 0.105. The molecule has 10 heteroatoms. The maximum absolute atomic E-state index is 12.4. The number of nitrogens with zero attached hydrogens (tertiary/aromatic N) is 1. The lowest BCUT2D eigenvalue weighted by molar-refractivity contribution is -0.115. The van der Waals surface area contributed by atoms with Gasteiger partial charge in [0.25, 0.3) is 5.91 Å². The van der Waals surface area contributed by atoms with E-state index in [0.717, 1.165) is 14.9 Å². The van der Waals surface area contributed by atoms with Crippen LogP contribution in [0.25, 0.3) is 0 Å². The summed E-state index contributed by atoms with van der Waals surface area (Å²) in [4.78, 5) is 28.6. The Kier molecular flexibility index (Phi) is 6.36. The average molecular weight is 448 g/mol. The van der Waals surface area contributed by atoms with Gasteiger partial charge in [0.1, 0.15) is 5.75 Å². The minimum Gasteiger partial charge on any atom is -0.369 e. The van der Waals surface area contributed by atoms with Gasteiger partial charge in [0.15, 0.2) is 14.2 Å². The molecular formula is C19H17N3O4S3. The van der Waals surface area contributed by atoms with Gasteiger partial charge in [0, 0.05) is 27.2 Å². The van der Waals surface area contributed by atoms with Gasteiger partial charge in [-0.3, -0.25) is 9.59 Å². The normalized spacial score (nSPS) is 11.2. The van der Waals surface area contributed by atoms with Crippen molar-refractivity contribution < 1.29 is 18.0 Å². The molecule has 0 fully saturated rings. The van der Waals surface area contributed by atoms with E-state index >= 15 is 0 Å². The molecule has 0 radical (unpaired) electrons. The highest BCUT2D eigenvalue weighted by Crippen LogP contribution is 2.30. The minimum absolute atomic E-state index is 0.0633. The number of aryl methyl sites for hydroxylation is 1. The summed E-state index contributed by atoms with van der Waals surface area (Å²) in [6.07, 6.45) is 0. The van der Waals surface area contributed by atoms with Crippen molar-refractivity contribution in [1.29, 1.82) is 0 Å². The van der Waals surface area contributed by atoms with E-state index < -0.39 is 21.5 Å². The molecule has 1 heterocycles. The summed E-state index contributed by atoms with van der Waals surface area (Å²) in [6, 6.07) is 12.7. The lowest BCUT2D eigenvalue weighted by atomic mass is 10.2. The molecule has 7 nitrogen and oxygen atoms in total. The molecule has 0 aliphatic rings. The number of carbonyl (C=O) groups is 2. The molecule has 1 aromatic heterocycles. The van der Waals surface area contributed by atoms with E-state index in [4.69, 9.17) is 5.73 Å². The van der Waals surface area contributed by atoms with Gasteiger partial charge in [-0.1, -0.05) is 11.8 Å². The largest absolute Gasteiger partial charge is 0.369 e. The van der Waals surface area contributed by atoms with Crippen LogP contribution in [0, 0.1) is 6.92 Å². The van der Waals surface area contributed by atoms with E-state index in [-0.39, 0.29) is 10.8 Å². The van der Waals surface area contributed by atoms with E-state index in [9.17, 15) is 18.0 Å². The first-order valence-corrected chi connectivity index (χ1v) is 11.7. The molecule has 0 bridgehead atoms. The van der Waals surface area contributed by atoms with Gasteiger partial charge < -0.3 is 11.1 Å². The number of sulfone groups is 1. The van der Waals surface area contributed by atoms with Crippen molar-refractivity contribution in [3.63, 3.8) is 0 Å². The van der Waals surface area contributed by atoms with Crippen LogP contribution in [0.15, 0.2) is 68.0 Å². The standard InChI is InChI=1S/C19H17N3O4S3/c1-12-10-27-19(21-12)28-15-6-4-14(5-7-15)22-18(24)13-2-8-16(9-3-13)29(25,26)11-17(20)23/h2-10H,11H2,1H3,(H2,20,23)(H,22,24). The van der Waals surface area contributed by atoms with Gasteiger partial charge in [0.2, 0.25) is 5.91 Å². The van der Waals surface area contributed by atoms with Gasteiger partial charge in [-0.05, 0) is 55.5 Å². The zero-order chi connectivity index (χ0) is 21.0. The van der Waals surface area contributed by atoms with Crippen LogP contribution in [0.4, 0.5) is 5.69 Å². The molecule has 0 atom stereocenters. The van der Waals surface area contributed by atoms with Crippen LogP contribution in [0.1, 0.15) is 16.1 Å². The Balaban J connectivity index is 1.64. The summed E-state index contributed by atoms with van der Waals surface area (Å²) in [5.74, 6) is -2.08. The first-order chi connectivity index (χ1) is 13.7. The average Bonchev–Trinajstić information content (AvgIpc) is 3.07. The van der Waals surface area contributed by atoms with Gasteiger partial charge in [-0.25, -0.2) is 13.4 Å². The number of aromatic nitrogens is 1. The molecule has 3 rings (SSSR count). The van der Waals surface area contributed by atoms with Crippen molar-refractivity contribution in [2.75, 3.05) is 11.1 Å². The van der Waals surface area contributed by atoms with E-state index in [1.54, 1.807) is 35.2 Å². The summed E-state index contributed by atoms with van der Waals surface area (Å²) in [7, 11) is -3.80. The highest BCUT2D eigenvalue weighted by molar-refractivity contribution is 8.01. The number of primary amides is 1. The number of thiazole rings is 1. The second kappa shape index (κ2) is 8.76. The summed E-state index contributed by atoms with van der Waals surface area (Å²) in [5, 5.41) is 4.75. The molecular weight excluding hydrogens is 430 g/mol. The molecule has 0 aliphatic heterocycles. The van der Waals surface area contributed by atoms with Crippen LogP contribution in [0.2, 0.25) is 0 Å². The quantitative estimate of drug-likeness (QED) is 0.574. The first-order valence-electron chi connectivity index (χ1n) is 8.35. The van der Waals surface area contributed by atoms with Gasteiger partial charge >= 0.3 is 0 Å². The smallest absolute Gasteiger partial charge is 0.255 e. The Morgan fingerprint density at radius 1 is 1.10 bits per heavy atom. The number of benzene rings is 2. The second-order valence-corrected chi connectivity index (χ2v) is 10.3. The van der Waals surface area contributed by atoms with E-state index in [1.165, 1.54) is 24.3 Å². The molecule has 3 aromatic rings. The Hall–Kier alpha value is -2.69. The number of carbonyl (C=O) groups excluding carboxylic acids is 2. The molecule has 2 amide bonds. The van der Waals surface area contributed by atoms with Crippen LogP contribution < -0.4 is 11.1 Å². The number of nitrogens with two attached hydrogens (primary N) is 1. The van der Waals surface area contributed by atoms with Crippen LogP contribution >= 0.6 is 23.1 Å². The molecule has 3 N–H and O–H groups in total.